The normalized spacial score (nSPS) is 15.2. The fraction of sp³-hybridized carbons (Fsp3) is 0.500. The molecule has 1 heterocycles. The molecule has 1 aliphatic carbocycles. The Morgan fingerprint density at radius 1 is 1.50 bits per heavy atom. The molecule has 1 saturated carbocycles. The fourth-order valence-corrected chi connectivity index (χ4v) is 1.43. The first-order valence-corrected chi connectivity index (χ1v) is 4.80. The highest BCUT2D eigenvalue weighted by Crippen LogP contribution is 2.41. The first-order chi connectivity index (χ1) is 6.83. The Morgan fingerprint density at radius 2 is 2.21 bits per heavy atom. The molecule has 0 aliphatic heterocycles. The molecular formula is C10H12N2O2. The van der Waals surface area contributed by atoms with Gasteiger partial charge in [-0.15, -0.1) is 0 Å². The van der Waals surface area contributed by atoms with Crippen LogP contribution in [-0.2, 0) is 4.74 Å². The number of hydrogen-bond acceptors (Lipinski definition) is 4. The van der Waals surface area contributed by atoms with Crippen LogP contribution >= 0.6 is 0 Å². The van der Waals surface area contributed by atoms with Crippen LogP contribution in [0.4, 0.5) is 0 Å². The minimum Gasteiger partial charge on any atom is -0.462 e. The van der Waals surface area contributed by atoms with Crippen molar-refractivity contribution in [3.8, 4) is 0 Å². The topological polar surface area (TPSA) is 52.1 Å². The summed E-state index contributed by atoms with van der Waals surface area (Å²) in [4.78, 5) is 11.5. The van der Waals surface area contributed by atoms with E-state index >= 15 is 0 Å². The van der Waals surface area contributed by atoms with Crippen molar-refractivity contribution in [2.45, 2.75) is 25.7 Å². The molecule has 1 aliphatic rings. The van der Waals surface area contributed by atoms with Gasteiger partial charge in [-0.1, -0.05) is 0 Å². The Labute approximate surface area is 82.3 Å². The summed E-state index contributed by atoms with van der Waals surface area (Å²) in [5.74, 6) is 0.203. The van der Waals surface area contributed by atoms with Crippen LogP contribution in [0.15, 0.2) is 12.4 Å². The predicted octanol–water partition coefficient (Wildman–Crippen LogP) is 1.53. The third-order valence-corrected chi connectivity index (χ3v) is 2.27. The smallest absolute Gasteiger partial charge is 0.340 e. The van der Waals surface area contributed by atoms with Crippen molar-refractivity contribution < 1.29 is 9.53 Å². The maximum absolute atomic E-state index is 11.5. The van der Waals surface area contributed by atoms with E-state index in [9.17, 15) is 4.79 Å². The van der Waals surface area contributed by atoms with Gasteiger partial charge in [-0.05, 0) is 31.2 Å². The number of hydrogen-bond donors (Lipinski definition) is 0. The number of rotatable bonds is 3. The predicted molar refractivity (Wildman–Crippen MR) is 50.0 cm³/mol. The molecule has 1 aromatic heterocycles. The molecule has 0 N–H and O–H groups in total. The van der Waals surface area contributed by atoms with Crippen LogP contribution in [0, 0.1) is 0 Å². The summed E-state index contributed by atoms with van der Waals surface area (Å²) in [6.07, 6.45) is 5.44. The van der Waals surface area contributed by atoms with Crippen molar-refractivity contribution in [3.63, 3.8) is 0 Å². The zero-order valence-electron chi connectivity index (χ0n) is 8.06. The summed E-state index contributed by atoms with van der Waals surface area (Å²) in [6, 6.07) is 0. The molecule has 4 heteroatoms. The second-order valence-corrected chi connectivity index (χ2v) is 3.35. The van der Waals surface area contributed by atoms with E-state index in [4.69, 9.17) is 4.74 Å². The van der Waals surface area contributed by atoms with Crippen molar-refractivity contribution in [2.75, 3.05) is 6.61 Å². The van der Waals surface area contributed by atoms with Gasteiger partial charge < -0.3 is 4.74 Å². The maximum atomic E-state index is 11.5. The first kappa shape index (κ1) is 9.12. The van der Waals surface area contributed by atoms with Gasteiger partial charge in [-0.2, -0.15) is 10.2 Å². The Kier molecular flexibility index (Phi) is 2.43. The number of nitrogens with zero attached hydrogens (tertiary/aromatic N) is 2. The minimum absolute atomic E-state index is 0.288. The molecule has 0 aromatic carbocycles. The highest BCUT2D eigenvalue weighted by Gasteiger charge is 2.28. The summed E-state index contributed by atoms with van der Waals surface area (Å²) < 4.78 is 4.94. The molecule has 74 valence electrons. The van der Waals surface area contributed by atoms with Gasteiger partial charge in [0.05, 0.1) is 24.6 Å². The molecule has 2 rings (SSSR count). The molecule has 1 aromatic rings. The van der Waals surface area contributed by atoms with E-state index in [-0.39, 0.29) is 5.97 Å². The molecule has 14 heavy (non-hydrogen) atoms. The van der Waals surface area contributed by atoms with Gasteiger partial charge >= 0.3 is 5.97 Å². The van der Waals surface area contributed by atoms with E-state index in [0.717, 1.165) is 18.4 Å². The Bertz CT molecular complexity index is 348. The zero-order chi connectivity index (χ0) is 9.97. The molecule has 0 amide bonds. The van der Waals surface area contributed by atoms with Gasteiger partial charge in [0.1, 0.15) is 0 Å². The largest absolute Gasteiger partial charge is 0.462 e. The van der Waals surface area contributed by atoms with E-state index < -0.39 is 0 Å². The second kappa shape index (κ2) is 3.74. The number of carbonyl (C=O) groups excluding carboxylic acids is 1. The molecule has 0 saturated heterocycles. The van der Waals surface area contributed by atoms with Gasteiger partial charge in [-0.3, -0.25) is 0 Å². The Hall–Kier alpha value is -1.45. The summed E-state index contributed by atoms with van der Waals surface area (Å²) >= 11 is 0. The van der Waals surface area contributed by atoms with Crippen molar-refractivity contribution in [2.24, 2.45) is 0 Å². The van der Waals surface area contributed by atoms with Crippen molar-refractivity contribution in [1.29, 1.82) is 0 Å². The molecule has 0 atom stereocenters. The Balaban J connectivity index is 2.26. The molecule has 4 nitrogen and oxygen atoms in total. The maximum Gasteiger partial charge on any atom is 0.340 e. The van der Waals surface area contributed by atoms with Gasteiger partial charge in [0.15, 0.2) is 0 Å². The molecule has 0 radical (unpaired) electrons. The Morgan fingerprint density at radius 3 is 2.86 bits per heavy atom. The number of esters is 1. The summed E-state index contributed by atoms with van der Waals surface area (Å²) in [5, 5.41) is 7.50. The quantitative estimate of drug-likeness (QED) is 0.681. The number of ether oxygens (including phenoxy) is 1. The SMILES string of the molecule is CCOC(=O)c1cnncc1C1CC1. The highest BCUT2D eigenvalue weighted by atomic mass is 16.5. The zero-order valence-corrected chi connectivity index (χ0v) is 8.06. The molecule has 0 bridgehead atoms. The van der Waals surface area contributed by atoms with E-state index in [2.05, 4.69) is 10.2 Å². The lowest BCUT2D eigenvalue weighted by atomic mass is 10.1. The first-order valence-electron chi connectivity index (χ1n) is 4.80. The van der Waals surface area contributed by atoms with Gasteiger partial charge in [0, 0.05) is 0 Å². The molecule has 1 fully saturated rings. The van der Waals surface area contributed by atoms with E-state index in [1.54, 1.807) is 13.1 Å². The monoisotopic (exact) mass is 192 g/mol. The lowest BCUT2D eigenvalue weighted by Crippen LogP contribution is -2.08. The van der Waals surface area contributed by atoms with Gasteiger partial charge in [0.2, 0.25) is 0 Å². The van der Waals surface area contributed by atoms with Crippen LogP contribution in [0.5, 0.6) is 0 Å². The van der Waals surface area contributed by atoms with Gasteiger partial charge in [0.25, 0.3) is 0 Å². The van der Waals surface area contributed by atoms with Crippen LogP contribution in [0.25, 0.3) is 0 Å². The number of carbonyl (C=O) groups is 1. The van der Waals surface area contributed by atoms with Crippen LogP contribution in [0.3, 0.4) is 0 Å². The summed E-state index contributed by atoms with van der Waals surface area (Å²) in [7, 11) is 0. The average molecular weight is 192 g/mol. The van der Waals surface area contributed by atoms with Crippen molar-refractivity contribution in [1.82, 2.24) is 10.2 Å². The van der Waals surface area contributed by atoms with E-state index in [1.807, 2.05) is 0 Å². The fourth-order valence-electron chi connectivity index (χ4n) is 1.43. The molecule has 0 spiro atoms. The summed E-state index contributed by atoms with van der Waals surface area (Å²) in [6.45, 7) is 2.19. The second-order valence-electron chi connectivity index (χ2n) is 3.35. The van der Waals surface area contributed by atoms with Crippen molar-refractivity contribution >= 4 is 5.97 Å². The van der Waals surface area contributed by atoms with Crippen LogP contribution in [0.1, 0.15) is 41.6 Å². The molecule has 0 unspecified atom stereocenters. The lowest BCUT2D eigenvalue weighted by Gasteiger charge is -2.05. The third-order valence-electron chi connectivity index (χ3n) is 2.27. The third kappa shape index (κ3) is 1.73. The highest BCUT2D eigenvalue weighted by molar-refractivity contribution is 5.90. The standard InChI is InChI=1S/C10H12N2O2/c1-2-14-10(13)9-6-12-11-5-8(9)7-3-4-7/h5-7H,2-4H2,1H3. The van der Waals surface area contributed by atoms with Crippen LogP contribution < -0.4 is 0 Å². The van der Waals surface area contributed by atoms with Crippen LogP contribution in [-0.4, -0.2) is 22.8 Å². The average Bonchev–Trinajstić information content (AvgIpc) is 3.01. The van der Waals surface area contributed by atoms with E-state index in [0.29, 0.717) is 18.1 Å². The summed E-state index contributed by atoms with van der Waals surface area (Å²) in [5.41, 5.74) is 1.56. The number of aromatic nitrogens is 2. The van der Waals surface area contributed by atoms with Crippen LogP contribution in [0.2, 0.25) is 0 Å². The minimum atomic E-state index is -0.288. The molecular weight excluding hydrogens is 180 g/mol. The van der Waals surface area contributed by atoms with E-state index in [1.165, 1.54) is 6.20 Å². The van der Waals surface area contributed by atoms with Gasteiger partial charge in [-0.25, -0.2) is 4.79 Å². The van der Waals surface area contributed by atoms with Crippen molar-refractivity contribution in [3.05, 3.63) is 23.5 Å². The lowest BCUT2D eigenvalue weighted by molar-refractivity contribution is 0.0524.